The fourth-order valence-electron chi connectivity index (χ4n) is 8.36. The number of anilines is 1. The summed E-state index contributed by atoms with van der Waals surface area (Å²) in [6.45, 7) is 8.02. The standard InChI is InChI=1S/C40H44N4O4Si/c1-28-38(49(3,4)32-21-19-31(47-2)20-22-32)37(23-24-43-26-35(41-42-43)33(27-45)30-15-9-6-10-16-30)48-40(28)34-17-11-12-18-36(34)44(39(40)46)25-29-13-7-5-8-14-29/h5-22,26,28,33,37-38,45H,23-25,27H2,1-4H3/t28-,33?,37+,38-,40+/m1/s1. The zero-order valence-electron chi connectivity index (χ0n) is 28.6. The summed E-state index contributed by atoms with van der Waals surface area (Å²) in [7, 11) is -0.592. The Hall–Kier alpha value is -4.57. The molecule has 0 bridgehead atoms. The van der Waals surface area contributed by atoms with Crippen molar-refractivity contribution in [2.75, 3.05) is 18.6 Å². The third kappa shape index (κ3) is 5.79. The van der Waals surface area contributed by atoms with Gasteiger partial charge in [-0.25, -0.2) is 0 Å². The van der Waals surface area contributed by atoms with Gasteiger partial charge < -0.3 is 19.5 Å². The molecule has 1 unspecified atom stereocenters. The van der Waals surface area contributed by atoms with Gasteiger partial charge in [0.1, 0.15) is 5.75 Å². The first-order valence-corrected chi connectivity index (χ1v) is 20.2. The molecule has 1 saturated heterocycles. The topological polar surface area (TPSA) is 89.7 Å². The van der Waals surface area contributed by atoms with Crippen molar-refractivity contribution in [3.8, 4) is 5.75 Å². The Morgan fingerprint density at radius 3 is 2.31 bits per heavy atom. The van der Waals surface area contributed by atoms with Crippen molar-refractivity contribution in [3.63, 3.8) is 0 Å². The molecule has 1 aromatic heterocycles. The summed E-state index contributed by atoms with van der Waals surface area (Å²) in [4.78, 5) is 16.8. The third-order valence-corrected chi connectivity index (χ3v) is 15.2. The summed E-state index contributed by atoms with van der Waals surface area (Å²) in [5.74, 6) is 0.499. The van der Waals surface area contributed by atoms with Crippen LogP contribution in [0.5, 0.6) is 5.75 Å². The second-order valence-electron chi connectivity index (χ2n) is 13.9. The Balaban J connectivity index is 1.24. The monoisotopic (exact) mass is 672 g/mol. The molecule has 0 saturated carbocycles. The second-order valence-corrected chi connectivity index (χ2v) is 18.6. The van der Waals surface area contributed by atoms with Crippen molar-refractivity contribution in [2.45, 2.75) is 62.7 Å². The van der Waals surface area contributed by atoms with E-state index in [9.17, 15) is 9.90 Å². The van der Waals surface area contributed by atoms with Crippen molar-refractivity contribution in [3.05, 3.63) is 138 Å². The van der Waals surface area contributed by atoms with Crippen LogP contribution in [0.4, 0.5) is 5.69 Å². The van der Waals surface area contributed by atoms with E-state index in [1.807, 2.05) is 88.6 Å². The van der Waals surface area contributed by atoms with Crippen LogP contribution in [0.15, 0.2) is 115 Å². The Morgan fingerprint density at radius 2 is 1.61 bits per heavy atom. The molecule has 1 spiro atoms. The molecule has 49 heavy (non-hydrogen) atoms. The summed E-state index contributed by atoms with van der Waals surface area (Å²) in [5, 5.41) is 20.5. The molecule has 8 nitrogen and oxygen atoms in total. The van der Waals surface area contributed by atoms with Crippen molar-refractivity contribution < 1.29 is 19.4 Å². The van der Waals surface area contributed by atoms with E-state index < -0.39 is 13.7 Å². The van der Waals surface area contributed by atoms with E-state index in [1.54, 1.807) is 7.11 Å². The summed E-state index contributed by atoms with van der Waals surface area (Å²) >= 11 is 0. The van der Waals surface area contributed by atoms with Crippen LogP contribution < -0.4 is 14.8 Å². The molecule has 4 aromatic carbocycles. The van der Waals surface area contributed by atoms with E-state index in [1.165, 1.54) is 5.19 Å². The van der Waals surface area contributed by atoms with Gasteiger partial charge in [-0.1, -0.05) is 121 Å². The van der Waals surface area contributed by atoms with Crippen LogP contribution in [0.3, 0.4) is 0 Å². The molecule has 0 aliphatic carbocycles. The van der Waals surface area contributed by atoms with Crippen molar-refractivity contribution >= 4 is 24.9 Å². The molecule has 1 N–H and O–H groups in total. The number of benzene rings is 4. The Morgan fingerprint density at radius 1 is 0.939 bits per heavy atom. The number of aromatic nitrogens is 3. The maximum atomic E-state index is 14.9. The number of hydrogen-bond donors (Lipinski definition) is 1. The van der Waals surface area contributed by atoms with Gasteiger partial charge in [0.2, 0.25) is 0 Å². The molecule has 7 rings (SSSR count). The quantitative estimate of drug-likeness (QED) is 0.167. The molecular weight excluding hydrogens is 629 g/mol. The summed E-state index contributed by atoms with van der Waals surface area (Å²) in [5.41, 5.74) is 3.69. The minimum absolute atomic E-state index is 0.00812. The minimum Gasteiger partial charge on any atom is -0.497 e. The fraction of sp³-hybridized carbons (Fsp3) is 0.325. The molecular formula is C40H44N4O4Si. The zero-order chi connectivity index (χ0) is 34.2. The highest BCUT2D eigenvalue weighted by molar-refractivity contribution is 6.91. The molecule has 1 fully saturated rings. The van der Waals surface area contributed by atoms with E-state index in [4.69, 9.17) is 9.47 Å². The number of ether oxygens (including phenoxy) is 2. The van der Waals surface area contributed by atoms with Gasteiger partial charge in [0, 0.05) is 24.2 Å². The van der Waals surface area contributed by atoms with Gasteiger partial charge in [0.15, 0.2) is 5.60 Å². The maximum Gasteiger partial charge on any atom is 0.264 e. The smallest absolute Gasteiger partial charge is 0.264 e. The van der Waals surface area contributed by atoms with Gasteiger partial charge in [0.05, 0.1) is 51.7 Å². The highest BCUT2D eigenvalue weighted by Crippen LogP contribution is 2.60. The normalized spacial score (nSPS) is 22.4. The number of aliphatic hydroxyl groups is 1. The first-order chi connectivity index (χ1) is 23.8. The van der Waals surface area contributed by atoms with Crippen molar-refractivity contribution in [1.82, 2.24) is 15.0 Å². The number of aliphatic hydroxyl groups excluding tert-OH is 1. The van der Waals surface area contributed by atoms with Crippen LogP contribution in [0.2, 0.25) is 18.6 Å². The van der Waals surface area contributed by atoms with Crippen LogP contribution in [-0.2, 0) is 28.2 Å². The van der Waals surface area contributed by atoms with Crippen LogP contribution in [0, 0.1) is 5.92 Å². The average molecular weight is 673 g/mol. The molecule has 0 radical (unpaired) electrons. The number of aryl methyl sites for hydroxylation is 1. The number of nitrogens with zero attached hydrogens (tertiary/aromatic N) is 4. The predicted octanol–water partition coefficient (Wildman–Crippen LogP) is 6.26. The largest absolute Gasteiger partial charge is 0.497 e. The van der Waals surface area contributed by atoms with E-state index >= 15 is 0 Å². The number of amides is 1. The number of carbonyl (C=O) groups is 1. The lowest BCUT2D eigenvalue weighted by atomic mass is 9.82. The van der Waals surface area contributed by atoms with Crippen LogP contribution in [0.25, 0.3) is 0 Å². The molecule has 3 heterocycles. The second kappa shape index (κ2) is 13.4. The number of methoxy groups -OCH3 is 1. The third-order valence-electron chi connectivity index (χ3n) is 10.9. The van der Waals surface area contributed by atoms with E-state index in [-0.39, 0.29) is 36.0 Å². The molecule has 2 aliphatic heterocycles. The lowest BCUT2D eigenvalue weighted by molar-refractivity contribution is -0.146. The average Bonchev–Trinajstić information content (AvgIpc) is 3.79. The number of carbonyl (C=O) groups excluding carboxylic acids is 1. The molecule has 1 amide bonds. The maximum absolute atomic E-state index is 14.9. The van der Waals surface area contributed by atoms with Crippen LogP contribution >= 0.6 is 0 Å². The van der Waals surface area contributed by atoms with Crippen LogP contribution in [0.1, 0.15) is 41.6 Å². The first-order valence-electron chi connectivity index (χ1n) is 17.1. The number of rotatable bonds is 11. The SMILES string of the molecule is COc1ccc([Si](C)(C)[C@H]2[C@H](CCn3cc(C(CO)c4ccccc4)nn3)O[C@@]3(C(=O)N(Cc4ccccc4)c4ccccc43)[C@@H]2C)cc1. The highest BCUT2D eigenvalue weighted by atomic mass is 28.3. The fourth-order valence-corrected chi connectivity index (χ4v) is 12.4. The number of hydrogen-bond acceptors (Lipinski definition) is 6. The number of fused-ring (bicyclic) bond motifs is 2. The summed E-state index contributed by atoms with van der Waals surface area (Å²) < 4.78 is 14.6. The van der Waals surface area contributed by atoms with Gasteiger partial charge in [0.25, 0.3) is 5.91 Å². The molecule has 2 aliphatic rings. The van der Waals surface area contributed by atoms with E-state index in [2.05, 4.69) is 66.7 Å². The predicted molar refractivity (Wildman–Crippen MR) is 194 cm³/mol. The first kappa shape index (κ1) is 32.9. The van der Waals surface area contributed by atoms with Gasteiger partial charge >= 0.3 is 0 Å². The summed E-state index contributed by atoms with van der Waals surface area (Å²) in [6.07, 6.45) is 2.39. The van der Waals surface area contributed by atoms with E-state index in [0.29, 0.717) is 19.5 Å². The molecule has 252 valence electrons. The Kier molecular flexibility index (Phi) is 9.00. The van der Waals surface area contributed by atoms with E-state index in [0.717, 1.165) is 33.8 Å². The van der Waals surface area contributed by atoms with Gasteiger partial charge in [-0.2, -0.15) is 0 Å². The van der Waals surface area contributed by atoms with Gasteiger partial charge in [-0.05, 0) is 41.3 Å². The lowest BCUT2D eigenvalue weighted by Crippen LogP contribution is -2.51. The van der Waals surface area contributed by atoms with Crippen molar-refractivity contribution in [2.24, 2.45) is 5.92 Å². The molecule has 5 aromatic rings. The molecule has 9 heteroatoms. The van der Waals surface area contributed by atoms with Gasteiger partial charge in [-0.15, -0.1) is 5.10 Å². The Bertz CT molecular complexity index is 1900. The van der Waals surface area contributed by atoms with Gasteiger partial charge in [-0.3, -0.25) is 9.48 Å². The lowest BCUT2D eigenvalue weighted by Gasteiger charge is -2.37. The number of para-hydroxylation sites is 1. The molecule has 5 atom stereocenters. The zero-order valence-corrected chi connectivity index (χ0v) is 29.6. The van der Waals surface area contributed by atoms with Crippen LogP contribution in [-0.4, -0.2) is 53.9 Å². The van der Waals surface area contributed by atoms with Crippen molar-refractivity contribution in [1.29, 1.82) is 0 Å². The summed E-state index contributed by atoms with van der Waals surface area (Å²) in [6, 6.07) is 36.7. The minimum atomic E-state index is -2.28. The highest BCUT2D eigenvalue weighted by Gasteiger charge is 2.66. The Labute approximate surface area is 289 Å².